The number of nitriles is 1. The lowest BCUT2D eigenvalue weighted by molar-refractivity contribution is -0.147. The number of hydrogen-bond donors (Lipinski definition) is 2. The lowest BCUT2D eigenvalue weighted by Crippen LogP contribution is -2.47. The van der Waals surface area contributed by atoms with Crippen LogP contribution in [0.3, 0.4) is 0 Å². The average Bonchev–Trinajstić information content (AvgIpc) is 2.77. The van der Waals surface area contributed by atoms with Gasteiger partial charge < -0.3 is 20.1 Å². The van der Waals surface area contributed by atoms with E-state index >= 15 is 0 Å². The maximum Gasteiger partial charge on any atom is 0.407 e. The van der Waals surface area contributed by atoms with Crippen molar-refractivity contribution in [1.82, 2.24) is 10.6 Å². The molecule has 0 aliphatic heterocycles. The van der Waals surface area contributed by atoms with E-state index in [9.17, 15) is 14.4 Å². The molecule has 1 atom stereocenters. The summed E-state index contributed by atoms with van der Waals surface area (Å²) in [5.41, 5.74) is 1.65. The third-order valence-electron chi connectivity index (χ3n) is 3.97. The van der Waals surface area contributed by atoms with Crippen LogP contribution >= 0.6 is 0 Å². The Morgan fingerprint density at radius 3 is 2.20 bits per heavy atom. The fourth-order valence-corrected chi connectivity index (χ4v) is 2.51. The first-order valence-corrected chi connectivity index (χ1v) is 9.40. The van der Waals surface area contributed by atoms with Crippen LogP contribution in [0.25, 0.3) is 0 Å². The highest BCUT2D eigenvalue weighted by atomic mass is 16.5. The first kappa shape index (κ1) is 22.4. The van der Waals surface area contributed by atoms with Gasteiger partial charge in [0.1, 0.15) is 25.8 Å². The van der Waals surface area contributed by atoms with E-state index in [1.807, 2.05) is 66.7 Å². The first-order valence-electron chi connectivity index (χ1n) is 9.40. The Morgan fingerprint density at radius 2 is 1.57 bits per heavy atom. The first-order chi connectivity index (χ1) is 14.6. The van der Waals surface area contributed by atoms with Gasteiger partial charge in [0, 0.05) is 6.42 Å². The quantitative estimate of drug-likeness (QED) is 0.458. The highest BCUT2D eigenvalue weighted by Crippen LogP contribution is 2.05. The Balaban J connectivity index is 1.83. The largest absolute Gasteiger partial charge is 0.463 e. The molecule has 30 heavy (non-hydrogen) atoms. The monoisotopic (exact) mass is 409 g/mol. The molecule has 8 heteroatoms. The minimum Gasteiger partial charge on any atom is -0.463 e. The van der Waals surface area contributed by atoms with Crippen molar-refractivity contribution in [3.63, 3.8) is 0 Å². The van der Waals surface area contributed by atoms with Gasteiger partial charge in [-0.25, -0.2) is 9.59 Å². The summed E-state index contributed by atoms with van der Waals surface area (Å²) in [5.74, 6) is -1.21. The Morgan fingerprint density at radius 1 is 0.933 bits per heavy atom. The molecule has 0 fully saturated rings. The Labute approximate surface area is 174 Å². The second-order valence-corrected chi connectivity index (χ2v) is 6.30. The zero-order chi connectivity index (χ0) is 21.6. The number of hydrogen-bond acceptors (Lipinski definition) is 6. The van der Waals surface area contributed by atoms with E-state index < -0.39 is 24.0 Å². The molecule has 0 saturated heterocycles. The van der Waals surface area contributed by atoms with E-state index in [1.165, 1.54) is 0 Å². The third-order valence-corrected chi connectivity index (χ3v) is 3.97. The lowest BCUT2D eigenvalue weighted by Gasteiger charge is -2.18. The van der Waals surface area contributed by atoms with E-state index in [0.717, 1.165) is 11.1 Å². The summed E-state index contributed by atoms with van der Waals surface area (Å²) in [6, 6.07) is 19.2. The molecular formula is C22H23N3O5. The topological polar surface area (TPSA) is 118 Å². The molecule has 8 nitrogen and oxygen atoms in total. The van der Waals surface area contributed by atoms with Crippen molar-refractivity contribution in [3.05, 3.63) is 71.8 Å². The van der Waals surface area contributed by atoms with Crippen molar-refractivity contribution in [2.45, 2.75) is 25.5 Å². The van der Waals surface area contributed by atoms with Crippen molar-refractivity contribution < 1.29 is 23.9 Å². The number of amides is 2. The van der Waals surface area contributed by atoms with Gasteiger partial charge >= 0.3 is 12.1 Å². The van der Waals surface area contributed by atoms with Gasteiger partial charge in [-0.1, -0.05) is 60.7 Å². The summed E-state index contributed by atoms with van der Waals surface area (Å²) in [6.45, 7) is -0.332. The smallest absolute Gasteiger partial charge is 0.407 e. The van der Waals surface area contributed by atoms with E-state index in [4.69, 9.17) is 14.7 Å². The maximum absolute atomic E-state index is 12.3. The summed E-state index contributed by atoms with van der Waals surface area (Å²) in [6.07, 6.45) is -0.464. The molecule has 0 aliphatic carbocycles. The summed E-state index contributed by atoms with van der Waals surface area (Å²) in [7, 11) is 0. The molecule has 0 bridgehead atoms. The fourth-order valence-electron chi connectivity index (χ4n) is 2.51. The van der Waals surface area contributed by atoms with Crippen molar-refractivity contribution >= 4 is 18.0 Å². The molecule has 0 saturated carbocycles. The third kappa shape index (κ3) is 8.44. The van der Waals surface area contributed by atoms with Gasteiger partial charge in [-0.3, -0.25) is 4.79 Å². The number of benzene rings is 2. The van der Waals surface area contributed by atoms with Crippen LogP contribution < -0.4 is 10.6 Å². The Hall–Kier alpha value is -3.86. The van der Waals surface area contributed by atoms with Gasteiger partial charge in [0.05, 0.1) is 12.5 Å². The molecule has 0 aromatic heterocycles. The summed E-state index contributed by atoms with van der Waals surface area (Å²) < 4.78 is 10.1. The van der Waals surface area contributed by atoms with Crippen molar-refractivity contribution in [1.29, 1.82) is 5.26 Å². The SMILES string of the molecule is N#CCCOC(=O)[C@H](Cc1ccccc1)NC(=O)CNC(=O)OCc1ccccc1. The molecule has 0 radical (unpaired) electrons. The molecule has 2 aromatic rings. The molecule has 0 spiro atoms. The van der Waals surface area contributed by atoms with Gasteiger partial charge in [0.15, 0.2) is 0 Å². The highest BCUT2D eigenvalue weighted by Gasteiger charge is 2.23. The second kappa shape index (κ2) is 12.6. The van der Waals surface area contributed by atoms with Crippen LogP contribution in [0.2, 0.25) is 0 Å². The van der Waals surface area contributed by atoms with E-state index in [0.29, 0.717) is 0 Å². The van der Waals surface area contributed by atoms with Crippen molar-refractivity contribution in [2.75, 3.05) is 13.2 Å². The van der Waals surface area contributed by atoms with Crippen LogP contribution in [0.1, 0.15) is 17.5 Å². The van der Waals surface area contributed by atoms with E-state index in [2.05, 4.69) is 10.6 Å². The van der Waals surface area contributed by atoms with Crippen LogP contribution in [-0.4, -0.2) is 37.2 Å². The minimum atomic E-state index is -0.944. The Bertz CT molecular complexity index is 865. The summed E-state index contributed by atoms with van der Waals surface area (Å²) >= 11 is 0. The fraction of sp³-hybridized carbons (Fsp3) is 0.273. The number of esters is 1. The van der Waals surface area contributed by atoms with Gasteiger partial charge in [-0.15, -0.1) is 0 Å². The zero-order valence-electron chi connectivity index (χ0n) is 16.4. The number of carbonyl (C=O) groups is 3. The maximum atomic E-state index is 12.3. The molecular weight excluding hydrogens is 386 g/mol. The van der Waals surface area contributed by atoms with Crippen LogP contribution in [0.15, 0.2) is 60.7 Å². The molecule has 156 valence electrons. The molecule has 2 N–H and O–H groups in total. The van der Waals surface area contributed by atoms with Crippen molar-refractivity contribution in [3.8, 4) is 6.07 Å². The number of ether oxygens (including phenoxy) is 2. The molecule has 0 heterocycles. The number of nitrogens with one attached hydrogen (secondary N) is 2. The molecule has 2 amide bonds. The zero-order valence-corrected chi connectivity index (χ0v) is 16.4. The molecule has 0 aliphatic rings. The summed E-state index contributed by atoms with van der Waals surface area (Å²) in [4.78, 5) is 36.3. The van der Waals surface area contributed by atoms with Gasteiger partial charge in [0.2, 0.25) is 5.91 Å². The summed E-state index contributed by atoms with van der Waals surface area (Å²) in [5, 5.41) is 13.5. The molecule has 2 rings (SSSR count). The minimum absolute atomic E-state index is 0.0550. The number of nitrogens with zero attached hydrogens (tertiary/aromatic N) is 1. The predicted molar refractivity (Wildman–Crippen MR) is 108 cm³/mol. The Kier molecular flexibility index (Phi) is 9.40. The standard InChI is InChI=1S/C22H23N3O5/c23-12-7-13-29-21(27)19(14-17-8-3-1-4-9-17)25-20(26)15-24-22(28)30-16-18-10-5-2-6-11-18/h1-6,8-11,19H,7,13-16H2,(H,24,28)(H,25,26)/t19-/m0/s1. The van der Waals surface area contributed by atoms with E-state index in [-0.39, 0.29) is 32.6 Å². The van der Waals surface area contributed by atoms with Crippen molar-refractivity contribution in [2.24, 2.45) is 0 Å². The van der Waals surface area contributed by atoms with Crippen LogP contribution in [-0.2, 0) is 32.1 Å². The predicted octanol–water partition coefficient (Wildman–Crippen LogP) is 2.10. The number of carbonyl (C=O) groups excluding carboxylic acids is 3. The van der Waals surface area contributed by atoms with Crippen LogP contribution in [0, 0.1) is 11.3 Å². The number of alkyl carbamates (subject to hydrolysis) is 1. The van der Waals surface area contributed by atoms with Crippen LogP contribution in [0.4, 0.5) is 4.79 Å². The molecule has 2 aromatic carbocycles. The van der Waals surface area contributed by atoms with Gasteiger partial charge in [-0.05, 0) is 11.1 Å². The van der Waals surface area contributed by atoms with Gasteiger partial charge in [0.25, 0.3) is 0 Å². The van der Waals surface area contributed by atoms with Gasteiger partial charge in [-0.2, -0.15) is 5.26 Å². The average molecular weight is 409 g/mol. The number of rotatable bonds is 10. The normalized spacial score (nSPS) is 10.9. The molecule has 0 unspecified atom stereocenters. The second-order valence-electron chi connectivity index (χ2n) is 6.30. The lowest BCUT2D eigenvalue weighted by atomic mass is 10.1. The van der Waals surface area contributed by atoms with E-state index in [1.54, 1.807) is 0 Å². The highest BCUT2D eigenvalue weighted by molar-refractivity contribution is 5.87. The van der Waals surface area contributed by atoms with Crippen LogP contribution in [0.5, 0.6) is 0 Å².